The molecule has 20 heavy (non-hydrogen) atoms. The van der Waals surface area contributed by atoms with Gasteiger partial charge in [0.2, 0.25) is 0 Å². The van der Waals surface area contributed by atoms with Gasteiger partial charge in [0.15, 0.2) is 0 Å². The minimum Gasteiger partial charge on any atom is -0.460 e. The first-order valence-corrected chi connectivity index (χ1v) is 6.88. The third kappa shape index (κ3) is 4.76. The lowest BCUT2D eigenvalue weighted by Crippen LogP contribution is -2.26. The Morgan fingerprint density at radius 2 is 1.75 bits per heavy atom. The highest BCUT2D eigenvalue weighted by atomic mass is 16.6. The number of carbonyl (C=O) groups excluding carboxylic acids is 1. The molecular formula is C16H26N2O2. The molecule has 0 heterocycles. The van der Waals surface area contributed by atoms with E-state index in [-0.39, 0.29) is 11.4 Å². The topological polar surface area (TPSA) is 78.3 Å². The molecule has 0 radical (unpaired) electrons. The summed E-state index contributed by atoms with van der Waals surface area (Å²) >= 11 is 0. The maximum atomic E-state index is 11.8. The van der Waals surface area contributed by atoms with Crippen LogP contribution in [0.2, 0.25) is 0 Å². The number of rotatable bonds is 4. The van der Waals surface area contributed by atoms with Crippen LogP contribution in [0.15, 0.2) is 18.2 Å². The average molecular weight is 278 g/mol. The van der Waals surface area contributed by atoms with Crippen LogP contribution in [0.1, 0.15) is 53.0 Å². The third-order valence-corrected chi connectivity index (χ3v) is 3.18. The van der Waals surface area contributed by atoms with E-state index in [9.17, 15) is 4.79 Å². The van der Waals surface area contributed by atoms with Crippen LogP contribution in [0, 0.1) is 0 Å². The van der Waals surface area contributed by atoms with Gasteiger partial charge in [0, 0.05) is 17.8 Å². The Kier molecular flexibility index (Phi) is 4.69. The normalized spacial score (nSPS) is 12.2. The number of nitrogen functional groups attached to an aromatic ring is 2. The Morgan fingerprint density at radius 3 is 2.25 bits per heavy atom. The minimum atomic E-state index is -0.443. The van der Waals surface area contributed by atoms with E-state index < -0.39 is 5.60 Å². The average Bonchev–Trinajstić information content (AvgIpc) is 2.23. The largest absolute Gasteiger partial charge is 0.460 e. The predicted octanol–water partition coefficient (Wildman–Crippen LogP) is 3.25. The molecule has 0 atom stereocenters. The molecule has 1 aromatic carbocycles. The van der Waals surface area contributed by atoms with E-state index in [1.54, 1.807) is 6.07 Å². The summed E-state index contributed by atoms with van der Waals surface area (Å²) in [7, 11) is 0. The Labute approximate surface area is 121 Å². The lowest BCUT2D eigenvalue weighted by Gasteiger charge is -2.27. The van der Waals surface area contributed by atoms with Gasteiger partial charge in [0.25, 0.3) is 0 Å². The van der Waals surface area contributed by atoms with Crippen molar-refractivity contribution in [1.29, 1.82) is 0 Å². The maximum Gasteiger partial charge on any atom is 0.306 e. The second-order valence-electron chi connectivity index (χ2n) is 6.82. The summed E-state index contributed by atoms with van der Waals surface area (Å²) < 4.78 is 5.33. The van der Waals surface area contributed by atoms with Crippen LogP contribution < -0.4 is 11.5 Å². The Hall–Kier alpha value is -1.71. The summed E-state index contributed by atoms with van der Waals surface area (Å²) in [5, 5.41) is 0. The molecule has 1 rings (SSSR count). The number of carbonyl (C=O) groups is 1. The van der Waals surface area contributed by atoms with Crippen molar-refractivity contribution in [2.75, 3.05) is 11.5 Å². The summed E-state index contributed by atoms with van der Waals surface area (Å²) in [5.74, 6) is -0.181. The van der Waals surface area contributed by atoms with Gasteiger partial charge in [0.1, 0.15) is 5.60 Å². The third-order valence-electron chi connectivity index (χ3n) is 3.18. The molecule has 0 spiro atoms. The van der Waals surface area contributed by atoms with E-state index in [1.165, 1.54) is 0 Å². The summed E-state index contributed by atoms with van der Waals surface area (Å²) in [5.41, 5.74) is 13.4. The molecular weight excluding hydrogens is 252 g/mol. The van der Waals surface area contributed by atoms with Crippen molar-refractivity contribution in [3.05, 3.63) is 23.8 Å². The van der Waals surface area contributed by atoms with Crippen molar-refractivity contribution in [3.63, 3.8) is 0 Å². The van der Waals surface area contributed by atoms with Gasteiger partial charge in [-0.1, -0.05) is 19.9 Å². The number of nitrogens with two attached hydrogens (primary N) is 2. The Morgan fingerprint density at radius 1 is 1.15 bits per heavy atom. The molecule has 4 heteroatoms. The first kappa shape index (κ1) is 16.3. The van der Waals surface area contributed by atoms with Gasteiger partial charge in [-0.25, -0.2) is 0 Å². The van der Waals surface area contributed by atoms with Crippen molar-refractivity contribution in [2.45, 2.75) is 58.5 Å². The fourth-order valence-corrected chi connectivity index (χ4v) is 2.14. The molecule has 0 fully saturated rings. The van der Waals surface area contributed by atoms with Gasteiger partial charge in [-0.2, -0.15) is 0 Å². The minimum absolute atomic E-state index is 0.181. The number of esters is 1. The van der Waals surface area contributed by atoms with Crippen LogP contribution in [0.5, 0.6) is 0 Å². The number of hydrogen-bond acceptors (Lipinski definition) is 4. The van der Waals surface area contributed by atoms with Crippen molar-refractivity contribution >= 4 is 17.3 Å². The van der Waals surface area contributed by atoms with Gasteiger partial charge in [-0.15, -0.1) is 0 Å². The molecule has 0 saturated heterocycles. The Bertz CT molecular complexity index is 488. The first-order valence-electron chi connectivity index (χ1n) is 6.88. The lowest BCUT2D eigenvalue weighted by atomic mass is 9.79. The van der Waals surface area contributed by atoms with Gasteiger partial charge < -0.3 is 16.2 Å². The lowest BCUT2D eigenvalue weighted by molar-refractivity contribution is -0.155. The van der Waals surface area contributed by atoms with Crippen LogP contribution in [0.25, 0.3) is 0 Å². The second-order valence-corrected chi connectivity index (χ2v) is 6.82. The molecule has 0 unspecified atom stereocenters. The van der Waals surface area contributed by atoms with Gasteiger partial charge in [0.05, 0.1) is 0 Å². The molecule has 112 valence electrons. The molecule has 0 amide bonds. The zero-order valence-electron chi connectivity index (χ0n) is 13.1. The van der Waals surface area contributed by atoms with E-state index in [2.05, 4.69) is 13.8 Å². The molecule has 0 aromatic heterocycles. The number of ether oxygens (including phenoxy) is 1. The molecule has 0 aliphatic heterocycles. The van der Waals surface area contributed by atoms with Crippen molar-refractivity contribution in [2.24, 2.45) is 0 Å². The standard InChI is InChI=1S/C16H26N2O2/c1-15(2,3)20-14(19)8-9-16(4,5)12-7-6-11(17)10-13(12)18/h6-7,10H,8-9,17-18H2,1-5H3. The van der Waals surface area contributed by atoms with E-state index in [4.69, 9.17) is 16.2 Å². The van der Waals surface area contributed by atoms with Gasteiger partial charge in [-0.05, 0) is 50.3 Å². The second kappa shape index (κ2) is 5.73. The zero-order chi connectivity index (χ0) is 15.6. The van der Waals surface area contributed by atoms with E-state index >= 15 is 0 Å². The first-order chi connectivity index (χ1) is 9.01. The van der Waals surface area contributed by atoms with E-state index in [0.717, 1.165) is 5.56 Å². The molecule has 0 aliphatic rings. The summed E-state index contributed by atoms with van der Waals surface area (Å²) in [6, 6.07) is 5.52. The fraction of sp³-hybridized carbons (Fsp3) is 0.562. The highest BCUT2D eigenvalue weighted by molar-refractivity contribution is 5.70. The van der Waals surface area contributed by atoms with Crippen LogP contribution in [0.4, 0.5) is 11.4 Å². The van der Waals surface area contributed by atoms with Crippen LogP contribution in [-0.4, -0.2) is 11.6 Å². The summed E-state index contributed by atoms with van der Waals surface area (Å²) in [4.78, 5) is 11.8. The van der Waals surface area contributed by atoms with Crippen molar-refractivity contribution in [3.8, 4) is 0 Å². The van der Waals surface area contributed by atoms with Crippen LogP contribution in [-0.2, 0) is 14.9 Å². The predicted molar refractivity (Wildman–Crippen MR) is 83.4 cm³/mol. The zero-order valence-corrected chi connectivity index (χ0v) is 13.1. The Balaban J connectivity index is 2.72. The summed E-state index contributed by atoms with van der Waals surface area (Å²) in [6.45, 7) is 9.74. The van der Waals surface area contributed by atoms with E-state index in [0.29, 0.717) is 24.2 Å². The van der Waals surface area contributed by atoms with Gasteiger partial charge >= 0.3 is 5.97 Å². The fourth-order valence-electron chi connectivity index (χ4n) is 2.14. The number of benzene rings is 1. The maximum absolute atomic E-state index is 11.8. The van der Waals surface area contributed by atoms with Gasteiger partial charge in [-0.3, -0.25) is 4.79 Å². The monoisotopic (exact) mass is 278 g/mol. The summed E-state index contributed by atoms with van der Waals surface area (Å²) in [6.07, 6.45) is 1.05. The van der Waals surface area contributed by atoms with Crippen molar-refractivity contribution in [1.82, 2.24) is 0 Å². The smallest absolute Gasteiger partial charge is 0.306 e. The molecule has 0 bridgehead atoms. The number of anilines is 2. The highest BCUT2D eigenvalue weighted by Crippen LogP contribution is 2.33. The quantitative estimate of drug-likeness (QED) is 0.654. The SMILES string of the molecule is CC(C)(C)OC(=O)CCC(C)(C)c1ccc(N)cc1N. The van der Waals surface area contributed by atoms with E-state index in [1.807, 2.05) is 32.9 Å². The molecule has 0 saturated carbocycles. The molecule has 4 N–H and O–H groups in total. The van der Waals surface area contributed by atoms with Crippen molar-refractivity contribution < 1.29 is 9.53 Å². The van der Waals surface area contributed by atoms with Crippen LogP contribution in [0.3, 0.4) is 0 Å². The number of hydrogen-bond donors (Lipinski definition) is 2. The highest BCUT2D eigenvalue weighted by Gasteiger charge is 2.25. The molecule has 4 nitrogen and oxygen atoms in total. The molecule has 1 aromatic rings. The molecule has 0 aliphatic carbocycles. The van der Waals surface area contributed by atoms with Crippen LogP contribution >= 0.6 is 0 Å².